The van der Waals surface area contributed by atoms with Crippen molar-refractivity contribution in [1.29, 1.82) is 0 Å². The molecule has 0 fully saturated rings. The molecule has 0 saturated heterocycles. The van der Waals surface area contributed by atoms with Crippen LogP contribution in [-0.4, -0.2) is 11.4 Å². The Labute approximate surface area is 64.3 Å². The summed E-state index contributed by atoms with van der Waals surface area (Å²) in [6.07, 6.45) is 0.642. The van der Waals surface area contributed by atoms with Crippen molar-refractivity contribution in [3.05, 3.63) is 0 Å². The van der Waals surface area contributed by atoms with Gasteiger partial charge in [0.1, 0.15) is 0 Å². The third-order valence-electron chi connectivity index (χ3n) is 1.20. The Balaban J connectivity index is 3.73. The molecular weight excluding hydrogens is 156 g/mol. The minimum absolute atomic E-state index is 0.261. The van der Waals surface area contributed by atoms with Gasteiger partial charge in [-0.05, 0) is 6.42 Å². The second kappa shape index (κ2) is 4.28. The molecule has 0 heterocycles. The standard InChI is InChI=1S/C6H9ClO3/c1-3-4(2)5(8)10-6(7)9/h4H,3H2,1-2H3. The van der Waals surface area contributed by atoms with E-state index in [0.717, 1.165) is 0 Å². The summed E-state index contributed by atoms with van der Waals surface area (Å²) >= 11 is 4.79. The highest BCUT2D eigenvalue weighted by atomic mass is 35.5. The molecule has 10 heavy (non-hydrogen) atoms. The Morgan fingerprint density at radius 1 is 1.60 bits per heavy atom. The molecule has 1 atom stereocenters. The molecule has 58 valence electrons. The lowest BCUT2D eigenvalue weighted by molar-refractivity contribution is -0.140. The van der Waals surface area contributed by atoms with Crippen molar-refractivity contribution >= 4 is 23.0 Å². The van der Waals surface area contributed by atoms with Gasteiger partial charge in [0.25, 0.3) is 0 Å². The molecule has 0 aliphatic carbocycles. The largest absolute Gasteiger partial charge is 0.411 e. The summed E-state index contributed by atoms with van der Waals surface area (Å²) in [5, 5.41) is 0. The summed E-state index contributed by atoms with van der Waals surface area (Å²) in [6.45, 7) is 3.49. The minimum atomic E-state index is -1.06. The van der Waals surface area contributed by atoms with Gasteiger partial charge < -0.3 is 4.74 Å². The molecule has 0 saturated carbocycles. The van der Waals surface area contributed by atoms with Crippen LogP contribution in [0.5, 0.6) is 0 Å². The Kier molecular flexibility index (Phi) is 4.03. The zero-order valence-electron chi connectivity index (χ0n) is 5.89. The van der Waals surface area contributed by atoms with E-state index in [0.29, 0.717) is 6.42 Å². The fourth-order valence-corrected chi connectivity index (χ4v) is 0.422. The first-order valence-corrected chi connectivity index (χ1v) is 3.36. The number of rotatable bonds is 2. The fourth-order valence-electron chi connectivity index (χ4n) is 0.346. The van der Waals surface area contributed by atoms with Crippen LogP contribution in [0.1, 0.15) is 20.3 Å². The molecule has 0 rings (SSSR count). The van der Waals surface area contributed by atoms with Gasteiger partial charge in [-0.15, -0.1) is 0 Å². The molecule has 0 N–H and O–H groups in total. The quantitative estimate of drug-likeness (QED) is 0.356. The van der Waals surface area contributed by atoms with Crippen molar-refractivity contribution < 1.29 is 14.3 Å². The average molecular weight is 165 g/mol. The van der Waals surface area contributed by atoms with Crippen LogP contribution in [0.2, 0.25) is 0 Å². The zero-order valence-corrected chi connectivity index (χ0v) is 6.64. The average Bonchev–Trinajstić information content (AvgIpc) is 1.85. The minimum Gasteiger partial charge on any atom is -0.380 e. The van der Waals surface area contributed by atoms with Crippen LogP contribution < -0.4 is 0 Å². The third kappa shape index (κ3) is 3.45. The number of esters is 1. The molecule has 0 amide bonds. The first-order valence-electron chi connectivity index (χ1n) is 2.99. The van der Waals surface area contributed by atoms with Crippen molar-refractivity contribution in [2.75, 3.05) is 0 Å². The molecule has 4 heteroatoms. The van der Waals surface area contributed by atoms with E-state index in [2.05, 4.69) is 4.74 Å². The van der Waals surface area contributed by atoms with Gasteiger partial charge in [-0.2, -0.15) is 0 Å². The van der Waals surface area contributed by atoms with Crippen molar-refractivity contribution in [3.63, 3.8) is 0 Å². The maximum absolute atomic E-state index is 10.7. The van der Waals surface area contributed by atoms with Gasteiger partial charge in [-0.1, -0.05) is 13.8 Å². The summed E-state index contributed by atoms with van der Waals surface area (Å²) in [7, 11) is 0. The number of hydrogen-bond acceptors (Lipinski definition) is 3. The molecule has 1 unspecified atom stereocenters. The lowest BCUT2D eigenvalue weighted by Gasteiger charge is -2.03. The highest BCUT2D eigenvalue weighted by Crippen LogP contribution is 2.04. The molecule has 0 aliphatic heterocycles. The van der Waals surface area contributed by atoms with Crippen molar-refractivity contribution in [3.8, 4) is 0 Å². The van der Waals surface area contributed by atoms with Crippen LogP contribution in [0, 0.1) is 5.92 Å². The SMILES string of the molecule is CCC(C)C(=O)OC(=O)Cl. The molecule has 0 spiro atoms. The monoisotopic (exact) mass is 164 g/mol. The van der Waals surface area contributed by atoms with Crippen LogP contribution >= 0.6 is 11.6 Å². The topological polar surface area (TPSA) is 43.4 Å². The van der Waals surface area contributed by atoms with Crippen LogP contribution in [0.4, 0.5) is 4.79 Å². The van der Waals surface area contributed by atoms with E-state index in [1.54, 1.807) is 6.92 Å². The molecule has 0 bridgehead atoms. The molecule has 3 nitrogen and oxygen atoms in total. The van der Waals surface area contributed by atoms with E-state index in [9.17, 15) is 9.59 Å². The van der Waals surface area contributed by atoms with E-state index in [1.165, 1.54) is 0 Å². The summed E-state index contributed by atoms with van der Waals surface area (Å²) in [4.78, 5) is 20.7. The van der Waals surface area contributed by atoms with E-state index >= 15 is 0 Å². The third-order valence-corrected chi connectivity index (χ3v) is 1.27. The zero-order chi connectivity index (χ0) is 8.15. The Morgan fingerprint density at radius 3 is 2.40 bits per heavy atom. The molecule has 0 aromatic carbocycles. The van der Waals surface area contributed by atoms with Crippen LogP contribution in [0.15, 0.2) is 0 Å². The fraction of sp³-hybridized carbons (Fsp3) is 0.667. The molecule has 0 radical (unpaired) electrons. The molecule has 0 aromatic rings. The van der Waals surface area contributed by atoms with Gasteiger partial charge in [-0.3, -0.25) is 4.79 Å². The van der Waals surface area contributed by atoms with Gasteiger partial charge in [0.05, 0.1) is 5.92 Å². The molecular formula is C6H9ClO3. The summed E-state index contributed by atoms with van der Waals surface area (Å²) in [5.74, 6) is -0.829. The predicted molar refractivity (Wildman–Crippen MR) is 36.8 cm³/mol. The Hall–Kier alpha value is -0.570. The van der Waals surface area contributed by atoms with Crippen molar-refractivity contribution in [2.24, 2.45) is 5.92 Å². The number of carbonyl (C=O) groups is 2. The van der Waals surface area contributed by atoms with E-state index in [-0.39, 0.29) is 5.92 Å². The van der Waals surface area contributed by atoms with Crippen LogP contribution in [0.3, 0.4) is 0 Å². The summed E-state index contributed by atoms with van der Waals surface area (Å²) < 4.78 is 4.09. The van der Waals surface area contributed by atoms with Crippen molar-refractivity contribution in [1.82, 2.24) is 0 Å². The maximum Gasteiger partial charge on any atom is 0.411 e. The Bertz CT molecular complexity index is 144. The van der Waals surface area contributed by atoms with Gasteiger partial charge in [0.15, 0.2) is 0 Å². The second-order valence-electron chi connectivity index (χ2n) is 1.97. The molecule has 0 aromatic heterocycles. The van der Waals surface area contributed by atoms with Gasteiger partial charge >= 0.3 is 11.4 Å². The number of hydrogen-bond donors (Lipinski definition) is 0. The summed E-state index contributed by atoms with van der Waals surface area (Å²) in [6, 6.07) is 0. The number of carbonyl (C=O) groups excluding carboxylic acids is 2. The number of halogens is 1. The van der Waals surface area contributed by atoms with Crippen LogP contribution in [-0.2, 0) is 9.53 Å². The summed E-state index contributed by atoms with van der Waals surface area (Å²) in [5.41, 5.74) is -1.06. The highest BCUT2D eigenvalue weighted by molar-refractivity contribution is 6.61. The van der Waals surface area contributed by atoms with E-state index < -0.39 is 11.4 Å². The lowest BCUT2D eigenvalue weighted by atomic mass is 10.1. The van der Waals surface area contributed by atoms with Gasteiger partial charge in [-0.25, -0.2) is 4.79 Å². The maximum atomic E-state index is 10.7. The first-order chi connectivity index (χ1) is 4.57. The van der Waals surface area contributed by atoms with Gasteiger partial charge in [0.2, 0.25) is 0 Å². The lowest BCUT2D eigenvalue weighted by Crippen LogP contribution is -2.14. The predicted octanol–water partition coefficient (Wildman–Crippen LogP) is 1.93. The second-order valence-corrected chi connectivity index (χ2v) is 2.28. The molecule has 0 aliphatic rings. The first kappa shape index (κ1) is 9.43. The number of ether oxygens (including phenoxy) is 1. The van der Waals surface area contributed by atoms with Gasteiger partial charge in [0, 0.05) is 11.6 Å². The van der Waals surface area contributed by atoms with Crippen LogP contribution in [0.25, 0.3) is 0 Å². The van der Waals surface area contributed by atoms with E-state index in [1.807, 2.05) is 6.92 Å². The normalized spacial score (nSPS) is 12.3. The van der Waals surface area contributed by atoms with E-state index in [4.69, 9.17) is 11.6 Å². The highest BCUT2D eigenvalue weighted by Gasteiger charge is 2.14. The Morgan fingerprint density at radius 2 is 2.10 bits per heavy atom. The smallest absolute Gasteiger partial charge is 0.380 e. The van der Waals surface area contributed by atoms with Crippen molar-refractivity contribution in [2.45, 2.75) is 20.3 Å².